The van der Waals surface area contributed by atoms with Gasteiger partial charge in [0.2, 0.25) is 5.88 Å². The highest BCUT2D eigenvalue weighted by molar-refractivity contribution is 7.72. The number of hydrogen-bond donors (Lipinski definition) is 1. The number of rotatable bonds is 18. The molecular weight excluding hydrogens is 620 g/mol. The maximum absolute atomic E-state index is 12.8. The molecule has 0 aliphatic rings. The molecule has 1 aromatic rings. The first-order valence-corrected chi connectivity index (χ1v) is 16.4. The molecule has 0 amide bonds. The Morgan fingerprint density at radius 3 is 2.10 bits per heavy atom. The molecule has 1 atom stereocenters. The van der Waals surface area contributed by atoms with Gasteiger partial charge in [-0.1, -0.05) is 0 Å². The number of aromatic nitrogens is 3. The van der Waals surface area contributed by atoms with E-state index >= 15 is 0 Å². The van der Waals surface area contributed by atoms with Gasteiger partial charge in [-0.05, 0) is 11.5 Å². The maximum atomic E-state index is 12.8. The number of amidine groups is 1. The average Bonchev–Trinajstić information content (AvgIpc) is 2.99. The summed E-state index contributed by atoms with van der Waals surface area (Å²) in [5, 5.41) is 0. The summed E-state index contributed by atoms with van der Waals surface area (Å²) >= 11 is 0. The van der Waals surface area contributed by atoms with Crippen molar-refractivity contribution in [3.05, 3.63) is 12.1 Å². The van der Waals surface area contributed by atoms with Crippen LogP contribution >= 0.6 is 31.2 Å². The summed E-state index contributed by atoms with van der Waals surface area (Å²) in [5.74, 6) is -0.263. The van der Waals surface area contributed by atoms with Crippen LogP contribution in [0.3, 0.4) is 0 Å². The van der Waals surface area contributed by atoms with E-state index in [4.69, 9.17) is 42.3 Å². The second-order valence-electron chi connectivity index (χ2n) is 6.56. The molecular formula is C17H31N6O13P4+. The highest BCUT2D eigenvalue weighted by Gasteiger charge is 2.40. The molecule has 19 nitrogen and oxygen atoms in total. The van der Waals surface area contributed by atoms with Crippen LogP contribution < -0.4 is 26.5 Å². The Labute approximate surface area is 232 Å². The number of nitrogens with zero attached hydrogens (tertiary/aromatic N) is 5. The summed E-state index contributed by atoms with van der Waals surface area (Å²) in [7, 11) is -6.36. The van der Waals surface area contributed by atoms with E-state index in [9.17, 15) is 18.6 Å². The topological polar surface area (TPSA) is 247 Å². The molecule has 0 aliphatic heterocycles. The quantitative estimate of drug-likeness (QED) is 0.0759. The molecule has 23 heteroatoms. The van der Waals surface area contributed by atoms with Crippen LogP contribution in [0.4, 0.5) is 0 Å². The monoisotopic (exact) mass is 651 g/mol. The van der Waals surface area contributed by atoms with Gasteiger partial charge in [0.1, 0.15) is 18.7 Å². The fourth-order valence-corrected chi connectivity index (χ4v) is 5.44. The lowest BCUT2D eigenvalue weighted by molar-refractivity contribution is -0.209. The average molecular weight is 651 g/mol. The number of aliphatic imine (C=N–C) groups is 2. The van der Waals surface area contributed by atoms with Crippen molar-refractivity contribution in [1.29, 1.82) is 0 Å². The van der Waals surface area contributed by atoms with Gasteiger partial charge in [0, 0.05) is 28.4 Å². The van der Waals surface area contributed by atoms with Crippen molar-refractivity contribution in [2.24, 2.45) is 15.7 Å². The first kappa shape index (κ1) is 36.2. The van der Waals surface area contributed by atoms with E-state index in [1.807, 2.05) is 0 Å². The van der Waals surface area contributed by atoms with Gasteiger partial charge in [0.25, 0.3) is 5.57 Å². The molecule has 0 radical (unpaired) electrons. The van der Waals surface area contributed by atoms with Crippen molar-refractivity contribution in [1.82, 2.24) is 15.0 Å². The van der Waals surface area contributed by atoms with E-state index in [1.165, 1.54) is 14.0 Å². The Balaban J connectivity index is 3.29. The summed E-state index contributed by atoms with van der Waals surface area (Å²) in [6.45, 7) is 0.792. The van der Waals surface area contributed by atoms with Gasteiger partial charge in [-0.3, -0.25) is 9.13 Å². The van der Waals surface area contributed by atoms with Crippen LogP contribution in [0.2, 0.25) is 0 Å². The van der Waals surface area contributed by atoms with Crippen LogP contribution in [0.1, 0.15) is 6.92 Å². The van der Waals surface area contributed by atoms with Crippen molar-refractivity contribution in [3.63, 3.8) is 0 Å². The number of hydrogen-bond acceptors (Lipinski definition) is 18. The molecule has 1 rings (SSSR count). The van der Waals surface area contributed by atoms with Gasteiger partial charge in [-0.25, -0.2) is 14.0 Å². The molecule has 0 saturated heterocycles. The van der Waals surface area contributed by atoms with Gasteiger partial charge >= 0.3 is 48.3 Å². The van der Waals surface area contributed by atoms with E-state index < -0.39 is 48.3 Å². The van der Waals surface area contributed by atoms with Gasteiger partial charge in [-0.15, -0.1) is 9.51 Å². The largest absolute Gasteiger partial charge is 0.625 e. The van der Waals surface area contributed by atoms with Crippen LogP contribution in [-0.2, 0) is 50.1 Å². The predicted octanol–water partition coefficient (Wildman–Crippen LogP) is 0.826. The third kappa shape index (κ3) is 9.62. The molecule has 0 bridgehead atoms. The van der Waals surface area contributed by atoms with E-state index in [1.54, 1.807) is 0 Å². The Hall–Kier alpha value is -1.84. The van der Waals surface area contributed by atoms with Crippen LogP contribution in [0, 0.1) is 0 Å². The molecule has 0 aliphatic carbocycles. The van der Waals surface area contributed by atoms with E-state index in [-0.39, 0.29) is 30.1 Å². The summed E-state index contributed by atoms with van der Waals surface area (Å²) in [5.41, 5.74) is 4.04. The van der Waals surface area contributed by atoms with E-state index in [0.29, 0.717) is 0 Å². The second kappa shape index (κ2) is 16.6. The number of ether oxygens (including phenoxy) is 2. The molecule has 1 unspecified atom stereocenters. The minimum Gasteiger partial charge on any atom is -0.625 e. The smallest absolute Gasteiger partial charge is 0.588 e. The summed E-state index contributed by atoms with van der Waals surface area (Å²) in [4.78, 5) is 32.3. The fourth-order valence-electron chi connectivity index (χ4n) is 2.32. The highest BCUT2D eigenvalue weighted by atomic mass is 31.2. The zero-order valence-electron chi connectivity index (χ0n) is 22.9. The normalized spacial score (nSPS) is 14.3. The first-order chi connectivity index (χ1) is 18.8. The van der Waals surface area contributed by atoms with Gasteiger partial charge in [0.15, 0.2) is 0 Å². The van der Waals surface area contributed by atoms with Crippen molar-refractivity contribution in [2.45, 2.75) is 6.92 Å². The highest BCUT2D eigenvalue weighted by Crippen LogP contribution is 2.50. The Morgan fingerprint density at radius 1 is 1.00 bits per heavy atom. The predicted molar refractivity (Wildman–Crippen MR) is 142 cm³/mol. The molecule has 0 aromatic carbocycles. The van der Waals surface area contributed by atoms with Crippen LogP contribution in [0.25, 0.3) is 0 Å². The van der Waals surface area contributed by atoms with Crippen LogP contribution in [0.5, 0.6) is 6.01 Å². The van der Waals surface area contributed by atoms with E-state index in [0.717, 1.165) is 48.9 Å². The van der Waals surface area contributed by atoms with Crippen molar-refractivity contribution < 1.29 is 59.7 Å². The molecule has 40 heavy (non-hydrogen) atoms. The van der Waals surface area contributed by atoms with Crippen LogP contribution in [0.15, 0.2) is 22.1 Å². The second-order valence-corrected chi connectivity index (χ2v) is 14.5. The molecule has 1 aromatic heterocycles. The van der Waals surface area contributed by atoms with Gasteiger partial charge in [0.05, 0.1) is 27.5 Å². The number of nitrogens with two attached hydrogens (primary N) is 1. The van der Waals surface area contributed by atoms with Crippen LogP contribution in [-0.4, -0.2) is 89.0 Å². The lowest BCUT2D eigenvalue weighted by Gasteiger charge is -2.22. The fraction of sp³-hybridized carbons (Fsp3) is 0.588. The van der Waals surface area contributed by atoms with Gasteiger partial charge < -0.3 is 38.2 Å². The molecule has 1 heterocycles. The van der Waals surface area contributed by atoms with Crippen molar-refractivity contribution >= 4 is 53.3 Å². The molecule has 0 spiro atoms. The zero-order valence-corrected chi connectivity index (χ0v) is 26.5. The minimum atomic E-state index is -4.04. The zero-order chi connectivity index (χ0) is 30.6. The molecule has 0 fully saturated rings. The maximum Gasteiger partial charge on any atom is 0.588 e. The Bertz CT molecular complexity index is 1190. The Kier molecular flexibility index (Phi) is 15.0. The summed E-state index contributed by atoms with van der Waals surface area (Å²) < 4.78 is 82.0. The summed E-state index contributed by atoms with van der Waals surface area (Å²) in [6, 6.07) is -0.458. The molecule has 226 valence electrons. The van der Waals surface area contributed by atoms with Crippen molar-refractivity contribution in [3.8, 4) is 6.01 Å². The third-order valence-corrected chi connectivity index (χ3v) is 10.4. The molecule has 0 saturated carbocycles. The summed E-state index contributed by atoms with van der Waals surface area (Å²) in [6.07, 6.45) is 0.987. The van der Waals surface area contributed by atoms with Gasteiger partial charge in [-0.2, -0.15) is 15.0 Å². The first-order valence-electron chi connectivity index (χ1n) is 10.6. The minimum absolute atomic E-state index is 0.105. The standard InChI is InChI=1S/C17H31N6O13P4/c1-12(38(25,29-3)30-4)20-13(11-19-14(18)37(24)28-2)35-9-10-36-15-21-16(39(26,31-5)32-6)23-17(22-15)40(27,33-7)34-8/h11H,9-10H2,1-8H3,(H2,18,19)/q+1/b13-11+,20-12?. The Morgan fingerprint density at radius 2 is 1.60 bits per heavy atom. The van der Waals surface area contributed by atoms with Crippen molar-refractivity contribution in [2.75, 3.05) is 63.0 Å². The SMILES string of the molecule is CO[P+](=O)C(N)=N/C=C(\N=C(C)P(=O)(OC)OC)OCCOc1nc(P(=O)(OC)OC)nc([P+]([O-])(OC)OC)n1. The van der Waals surface area contributed by atoms with E-state index in [2.05, 4.69) is 29.5 Å². The lowest BCUT2D eigenvalue weighted by Crippen LogP contribution is -2.35. The third-order valence-electron chi connectivity index (χ3n) is 4.42. The molecule has 2 N–H and O–H groups in total. The lowest BCUT2D eigenvalue weighted by atomic mass is 10.7.